The first-order valence-electron chi connectivity index (χ1n) is 7.36. The maximum Gasteiger partial charge on any atom is 0.0597 e. The summed E-state index contributed by atoms with van der Waals surface area (Å²) >= 11 is 0. The van der Waals surface area contributed by atoms with Crippen LogP contribution in [0.3, 0.4) is 0 Å². The summed E-state index contributed by atoms with van der Waals surface area (Å²) in [7, 11) is 0. The lowest BCUT2D eigenvalue weighted by molar-refractivity contribution is -0.0963. The maximum atomic E-state index is 6.01. The van der Waals surface area contributed by atoms with E-state index in [1.54, 1.807) is 0 Å². The van der Waals surface area contributed by atoms with Crippen molar-refractivity contribution in [3.63, 3.8) is 0 Å². The van der Waals surface area contributed by atoms with Gasteiger partial charge in [0, 0.05) is 25.7 Å². The zero-order valence-electron chi connectivity index (χ0n) is 10.5. The minimum Gasteiger partial charge on any atom is -0.378 e. The van der Waals surface area contributed by atoms with Gasteiger partial charge < -0.3 is 9.47 Å². The fourth-order valence-corrected chi connectivity index (χ4v) is 3.88. The largest absolute Gasteiger partial charge is 0.378 e. The van der Waals surface area contributed by atoms with Crippen molar-refractivity contribution in [3.8, 4) is 0 Å². The summed E-state index contributed by atoms with van der Waals surface area (Å²) in [6.07, 6.45) is 7.64. The highest BCUT2D eigenvalue weighted by Gasteiger charge is 2.43. The Bertz CT molecular complexity index is 284. The molecule has 4 heterocycles. The monoisotopic (exact) mass is 237 g/mol. The van der Waals surface area contributed by atoms with E-state index in [1.165, 1.54) is 38.6 Å². The first kappa shape index (κ1) is 10.8. The second kappa shape index (κ2) is 4.22. The highest BCUT2D eigenvalue weighted by Crippen LogP contribution is 2.41. The molecule has 0 N–H and O–H groups in total. The highest BCUT2D eigenvalue weighted by molar-refractivity contribution is 4.96. The van der Waals surface area contributed by atoms with Gasteiger partial charge in [0.15, 0.2) is 0 Å². The van der Waals surface area contributed by atoms with Gasteiger partial charge >= 0.3 is 0 Å². The zero-order chi connectivity index (χ0) is 11.2. The van der Waals surface area contributed by atoms with Crippen molar-refractivity contribution >= 4 is 0 Å². The molecule has 3 nitrogen and oxygen atoms in total. The van der Waals surface area contributed by atoms with Crippen LogP contribution in [0.5, 0.6) is 0 Å². The molecule has 0 aromatic carbocycles. The van der Waals surface area contributed by atoms with Crippen LogP contribution in [0.25, 0.3) is 0 Å². The van der Waals surface area contributed by atoms with Crippen LogP contribution < -0.4 is 0 Å². The predicted octanol–water partition coefficient (Wildman–Crippen LogP) is 1.66. The molecule has 1 atom stereocenters. The molecule has 0 aromatic heterocycles. The third-order valence-electron chi connectivity index (χ3n) is 5.35. The van der Waals surface area contributed by atoms with Gasteiger partial charge in [-0.3, -0.25) is 4.90 Å². The lowest BCUT2D eigenvalue weighted by Gasteiger charge is -2.50. The van der Waals surface area contributed by atoms with Crippen LogP contribution in [0.15, 0.2) is 0 Å². The molecule has 6 aliphatic rings. The quantitative estimate of drug-likeness (QED) is 0.639. The molecule has 0 radical (unpaired) electrons. The van der Waals surface area contributed by atoms with Crippen LogP contribution in [0, 0.1) is 11.8 Å². The minimum absolute atomic E-state index is 0.541. The molecule has 1 unspecified atom stereocenters. The molecule has 6 rings (SSSR count). The summed E-state index contributed by atoms with van der Waals surface area (Å²) in [6.45, 7) is 4.40. The highest BCUT2D eigenvalue weighted by atomic mass is 16.5. The van der Waals surface area contributed by atoms with E-state index >= 15 is 0 Å². The van der Waals surface area contributed by atoms with Gasteiger partial charge in [0.2, 0.25) is 0 Å². The molecule has 6 fully saturated rings. The standard InChI is InChI=1S/C14H23NO2/c1-2-15-3-4-16-12-5-10(6-12)9-17-13-7-11(8-13)14(1)15/h10-14H,1-9H2. The Hall–Kier alpha value is -0.120. The van der Waals surface area contributed by atoms with Gasteiger partial charge in [0.05, 0.1) is 18.8 Å². The van der Waals surface area contributed by atoms with Crippen LogP contribution in [-0.4, -0.2) is 49.5 Å². The number of hydrogen-bond acceptors (Lipinski definition) is 3. The van der Waals surface area contributed by atoms with Crippen LogP contribution in [0.1, 0.15) is 32.1 Å². The van der Waals surface area contributed by atoms with Crippen molar-refractivity contribution < 1.29 is 9.47 Å². The van der Waals surface area contributed by atoms with Crippen molar-refractivity contribution in [2.24, 2.45) is 11.8 Å². The zero-order valence-corrected chi connectivity index (χ0v) is 10.5. The van der Waals surface area contributed by atoms with Gasteiger partial charge in [-0.05, 0) is 43.9 Å². The smallest absolute Gasteiger partial charge is 0.0597 e. The van der Waals surface area contributed by atoms with Gasteiger partial charge in [0.1, 0.15) is 0 Å². The van der Waals surface area contributed by atoms with E-state index in [9.17, 15) is 0 Å². The first-order valence-corrected chi connectivity index (χ1v) is 7.36. The lowest BCUT2D eigenvalue weighted by Crippen LogP contribution is -2.56. The minimum atomic E-state index is 0.541. The molecule has 2 aliphatic carbocycles. The van der Waals surface area contributed by atoms with Gasteiger partial charge in [-0.25, -0.2) is 0 Å². The normalized spacial score (nSPS) is 50.5. The number of ether oxygens (including phenoxy) is 2. The lowest BCUT2D eigenvalue weighted by atomic mass is 9.73. The molecular weight excluding hydrogens is 214 g/mol. The Morgan fingerprint density at radius 1 is 0.882 bits per heavy atom. The fourth-order valence-electron chi connectivity index (χ4n) is 3.88. The number of nitrogens with zero attached hydrogens (tertiary/aromatic N) is 1. The average molecular weight is 237 g/mol. The van der Waals surface area contributed by atoms with E-state index in [-0.39, 0.29) is 0 Å². The summed E-state index contributed by atoms with van der Waals surface area (Å²) in [5.41, 5.74) is 0. The van der Waals surface area contributed by atoms with E-state index in [4.69, 9.17) is 9.47 Å². The van der Waals surface area contributed by atoms with Gasteiger partial charge in [-0.15, -0.1) is 0 Å². The maximum absolute atomic E-state index is 6.01. The van der Waals surface area contributed by atoms with Crippen molar-refractivity contribution in [2.75, 3.05) is 26.3 Å². The summed E-state index contributed by atoms with van der Waals surface area (Å²) < 4.78 is 11.9. The molecule has 4 bridgehead atoms. The van der Waals surface area contributed by atoms with E-state index in [1.807, 2.05) is 0 Å². The molecule has 3 heteroatoms. The van der Waals surface area contributed by atoms with Crippen molar-refractivity contribution in [1.82, 2.24) is 4.90 Å². The summed E-state index contributed by atoms with van der Waals surface area (Å²) in [5, 5.41) is 0. The van der Waals surface area contributed by atoms with Gasteiger partial charge in [0.25, 0.3) is 0 Å². The molecule has 96 valence electrons. The van der Waals surface area contributed by atoms with Crippen molar-refractivity contribution in [1.29, 1.82) is 0 Å². The third kappa shape index (κ3) is 1.92. The Morgan fingerprint density at radius 2 is 1.71 bits per heavy atom. The van der Waals surface area contributed by atoms with E-state index < -0.39 is 0 Å². The van der Waals surface area contributed by atoms with E-state index in [0.29, 0.717) is 12.2 Å². The molecule has 4 saturated heterocycles. The molecule has 0 spiro atoms. The van der Waals surface area contributed by atoms with Crippen molar-refractivity contribution in [2.45, 2.75) is 50.4 Å². The van der Waals surface area contributed by atoms with Crippen LogP contribution >= 0.6 is 0 Å². The van der Waals surface area contributed by atoms with Crippen LogP contribution in [-0.2, 0) is 9.47 Å². The second-order valence-corrected chi connectivity index (χ2v) is 6.41. The van der Waals surface area contributed by atoms with E-state index in [2.05, 4.69) is 4.90 Å². The van der Waals surface area contributed by atoms with E-state index in [0.717, 1.165) is 37.6 Å². The first-order chi connectivity index (χ1) is 8.38. The van der Waals surface area contributed by atoms with Crippen molar-refractivity contribution in [3.05, 3.63) is 0 Å². The Kier molecular flexibility index (Phi) is 2.67. The molecule has 2 saturated carbocycles. The summed E-state index contributed by atoms with van der Waals surface area (Å²) in [6, 6.07) is 0.856. The SMILES string of the molecule is C1CN2CCC2C2CC(C2)OCC2CC(C2)O1. The second-order valence-electron chi connectivity index (χ2n) is 6.41. The Balaban J connectivity index is 1.38. The number of hydrogen-bond donors (Lipinski definition) is 0. The summed E-state index contributed by atoms with van der Waals surface area (Å²) in [4.78, 5) is 2.63. The Labute approximate surface area is 103 Å². The van der Waals surface area contributed by atoms with Gasteiger partial charge in [-0.1, -0.05) is 0 Å². The summed E-state index contributed by atoms with van der Waals surface area (Å²) in [5.74, 6) is 1.71. The topological polar surface area (TPSA) is 21.7 Å². The predicted molar refractivity (Wildman–Crippen MR) is 64.9 cm³/mol. The van der Waals surface area contributed by atoms with Crippen LogP contribution in [0.2, 0.25) is 0 Å². The van der Waals surface area contributed by atoms with Crippen LogP contribution in [0.4, 0.5) is 0 Å². The molecule has 17 heavy (non-hydrogen) atoms. The average Bonchev–Trinajstić information content (AvgIpc) is 2.19. The molecule has 0 aromatic rings. The fraction of sp³-hybridized carbons (Fsp3) is 1.00. The Morgan fingerprint density at radius 3 is 2.47 bits per heavy atom. The molecule has 0 amide bonds. The van der Waals surface area contributed by atoms with Gasteiger partial charge in [-0.2, -0.15) is 0 Å². The third-order valence-corrected chi connectivity index (χ3v) is 5.35. The molecular formula is C14H23NO2. The number of rotatable bonds is 0. The molecule has 4 aliphatic heterocycles.